The molecule has 2 rings (SSSR count). The standard InChI is InChI=1S/C17H17Cl2N3O2/c1-10-5-3-4-6-15(10)21-11(2)17(24)22-20-9-12-7-13(18)8-14(19)16(12)23/h3-9,11,21,23H,1-2H3,(H,22,24)/b20-9+. The number of anilines is 1. The van der Waals surface area contributed by atoms with Gasteiger partial charge in [0.2, 0.25) is 0 Å². The highest BCUT2D eigenvalue weighted by Gasteiger charge is 2.12. The van der Waals surface area contributed by atoms with E-state index in [1.165, 1.54) is 18.3 Å². The van der Waals surface area contributed by atoms with Gasteiger partial charge in [-0.3, -0.25) is 4.79 Å². The lowest BCUT2D eigenvalue weighted by atomic mass is 10.2. The van der Waals surface area contributed by atoms with Crippen molar-refractivity contribution in [2.24, 2.45) is 5.10 Å². The fourth-order valence-electron chi connectivity index (χ4n) is 1.98. The molecule has 0 saturated carbocycles. The number of halogens is 2. The second-order valence-electron chi connectivity index (χ2n) is 5.24. The zero-order chi connectivity index (χ0) is 17.7. The highest BCUT2D eigenvalue weighted by atomic mass is 35.5. The Bertz CT molecular complexity index is 778. The van der Waals surface area contributed by atoms with Gasteiger partial charge >= 0.3 is 0 Å². The van der Waals surface area contributed by atoms with Gasteiger partial charge in [0.25, 0.3) is 5.91 Å². The summed E-state index contributed by atoms with van der Waals surface area (Å²) in [5.41, 5.74) is 4.64. The number of rotatable bonds is 5. The molecule has 0 aliphatic rings. The van der Waals surface area contributed by atoms with Crippen LogP contribution in [0.5, 0.6) is 5.75 Å². The normalized spacial score (nSPS) is 12.2. The minimum Gasteiger partial charge on any atom is -0.506 e. The van der Waals surface area contributed by atoms with Gasteiger partial charge in [0, 0.05) is 16.3 Å². The number of aromatic hydroxyl groups is 1. The van der Waals surface area contributed by atoms with E-state index in [0.29, 0.717) is 10.6 Å². The van der Waals surface area contributed by atoms with E-state index >= 15 is 0 Å². The van der Waals surface area contributed by atoms with E-state index in [9.17, 15) is 9.90 Å². The van der Waals surface area contributed by atoms with E-state index in [-0.39, 0.29) is 16.7 Å². The number of carbonyl (C=O) groups is 1. The maximum atomic E-state index is 12.1. The Morgan fingerprint density at radius 1 is 1.29 bits per heavy atom. The largest absolute Gasteiger partial charge is 0.506 e. The zero-order valence-corrected chi connectivity index (χ0v) is 14.7. The number of benzene rings is 2. The molecule has 0 saturated heterocycles. The van der Waals surface area contributed by atoms with E-state index in [0.717, 1.165) is 11.3 Å². The van der Waals surface area contributed by atoms with Crippen LogP contribution in [-0.4, -0.2) is 23.3 Å². The van der Waals surface area contributed by atoms with Crippen LogP contribution in [0, 0.1) is 6.92 Å². The lowest BCUT2D eigenvalue weighted by molar-refractivity contribution is -0.121. The minimum atomic E-state index is -0.486. The smallest absolute Gasteiger partial charge is 0.262 e. The van der Waals surface area contributed by atoms with Crippen LogP contribution in [0.25, 0.3) is 0 Å². The molecule has 0 aliphatic heterocycles. The van der Waals surface area contributed by atoms with Crippen LogP contribution < -0.4 is 10.7 Å². The number of phenols is 1. The Labute approximate surface area is 150 Å². The number of nitrogens with zero attached hydrogens (tertiary/aromatic N) is 1. The molecular weight excluding hydrogens is 349 g/mol. The summed E-state index contributed by atoms with van der Waals surface area (Å²) in [5.74, 6) is -0.465. The summed E-state index contributed by atoms with van der Waals surface area (Å²) in [4.78, 5) is 12.1. The number of amides is 1. The molecule has 0 spiro atoms. The van der Waals surface area contributed by atoms with Gasteiger partial charge in [-0.25, -0.2) is 5.43 Å². The van der Waals surface area contributed by atoms with Crippen LogP contribution in [0.4, 0.5) is 5.69 Å². The summed E-state index contributed by atoms with van der Waals surface area (Å²) in [6, 6.07) is 10.1. The summed E-state index contributed by atoms with van der Waals surface area (Å²) in [6.07, 6.45) is 1.28. The number of hydrogen-bond donors (Lipinski definition) is 3. The molecule has 5 nitrogen and oxygen atoms in total. The Kier molecular flexibility index (Phi) is 6.06. The maximum Gasteiger partial charge on any atom is 0.262 e. The van der Waals surface area contributed by atoms with Crippen molar-refractivity contribution < 1.29 is 9.90 Å². The topological polar surface area (TPSA) is 73.7 Å². The van der Waals surface area contributed by atoms with Crippen molar-refractivity contribution in [1.29, 1.82) is 0 Å². The molecule has 0 heterocycles. The van der Waals surface area contributed by atoms with Crippen molar-refractivity contribution in [1.82, 2.24) is 5.43 Å². The van der Waals surface area contributed by atoms with Gasteiger partial charge in [0.1, 0.15) is 11.8 Å². The quantitative estimate of drug-likeness (QED) is 0.554. The number of hydrogen-bond acceptors (Lipinski definition) is 4. The molecule has 0 aromatic heterocycles. The number of carbonyl (C=O) groups excluding carboxylic acids is 1. The van der Waals surface area contributed by atoms with Crippen LogP contribution >= 0.6 is 23.2 Å². The summed E-state index contributed by atoms with van der Waals surface area (Å²) < 4.78 is 0. The molecule has 2 aromatic rings. The average Bonchev–Trinajstić information content (AvgIpc) is 2.53. The van der Waals surface area contributed by atoms with Crippen LogP contribution in [-0.2, 0) is 4.79 Å². The van der Waals surface area contributed by atoms with Gasteiger partial charge < -0.3 is 10.4 Å². The molecule has 2 aromatic carbocycles. The third kappa shape index (κ3) is 4.63. The number of phenolic OH excluding ortho intramolecular Hbond substituents is 1. The van der Waals surface area contributed by atoms with Gasteiger partial charge in [-0.05, 0) is 37.6 Å². The van der Waals surface area contributed by atoms with Crippen LogP contribution in [0.2, 0.25) is 10.0 Å². The number of nitrogens with one attached hydrogen (secondary N) is 2. The van der Waals surface area contributed by atoms with E-state index in [1.807, 2.05) is 31.2 Å². The second-order valence-corrected chi connectivity index (χ2v) is 6.08. The predicted molar refractivity (Wildman–Crippen MR) is 98.1 cm³/mol. The molecule has 126 valence electrons. The van der Waals surface area contributed by atoms with E-state index in [2.05, 4.69) is 15.8 Å². The number of hydrazone groups is 1. The molecule has 1 atom stereocenters. The third-order valence-corrected chi connectivity index (χ3v) is 3.85. The average molecular weight is 366 g/mol. The van der Waals surface area contributed by atoms with Gasteiger partial charge in [-0.1, -0.05) is 41.4 Å². The SMILES string of the molecule is Cc1ccccc1NC(C)C(=O)N/N=C/c1cc(Cl)cc(Cl)c1O. The zero-order valence-electron chi connectivity index (χ0n) is 13.2. The lowest BCUT2D eigenvalue weighted by Crippen LogP contribution is -2.35. The predicted octanol–water partition coefficient (Wildman–Crippen LogP) is 3.96. The summed E-state index contributed by atoms with van der Waals surface area (Å²) in [5, 5.41) is 17.2. The molecule has 0 aliphatic carbocycles. The minimum absolute atomic E-state index is 0.116. The third-order valence-electron chi connectivity index (χ3n) is 3.35. The Hall–Kier alpha value is -2.24. The Balaban J connectivity index is 1.99. The van der Waals surface area contributed by atoms with Crippen molar-refractivity contribution in [3.05, 3.63) is 57.6 Å². The van der Waals surface area contributed by atoms with Gasteiger partial charge in [0.15, 0.2) is 0 Å². The van der Waals surface area contributed by atoms with Gasteiger partial charge in [-0.15, -0.1) is 0 Å². The molecule has 3 N–H and O–H groups in total. The van der Waals surface area contributed by atoms with Crippen molar-refractivity contribution in [2.75, 3.05) is 5.32 Å². The molecular formula is C17H17Cl2N3O2. The van der Waals surface area contributed by atoms with Crippen LogP contribution in [0.1, 0.15) is 18.1 Å². The number of aryl methyl sites for hydroxylation is 1. The fourth-order valence-corrected chi connectivity index (χ4v) is 2.49. The lowest BCUT2D eigenvalue weighted by Gasteiger charge is -2.15. The van der Waals surface area contributed by atoms with Gasteiger partial charge in [0.05, 0.1) is 11.2 Å². The molecule has 1 unspecified atom stereocenters. The monoisotopic (exact) mass is 365 g/mol. The first kappa shape index (κ1) is 18.1. The van der Waals surface area contributed by atoms with Crippen molar-refractivity contribution in [3.8, 4) is 5.75 Å². The summed E-state index contributed by atoms with van der Waals surface area (Å²) >= 11 is 11.7. The molecule has 24 heavy (non-hydrogen) atoms. The maximum absolute atomic E-state index is 12.1. The van der Waals surface area contributed by atoms with E-state index in [4.69, 9.17) is 23.2 Å². The van der Waals surface area contributed by atoms with Crippen LogP contribution in [0.3, 0.4) is 0 Å². The summed E-state index contributed by atoms with van der Waals surface area (Å²) in [6.45, 7) is 3.68. The fraction of sp³-hybridized carbons (Fsp3) is 0.176. The number of para-hydroxylation sites is 1. The first-order valence-electron chi connectivity index (χ1n) is 7.21. The van der Waals surface area contributed by atoms with Crippen molar-refractivity contribution in [3.63, 3.8) is 0 Å². The molecule has 0 radical (unpaired) electrons. The first-order valence-corrected chi connectivity index (χ1v) is 7.97. The molecule has 1 amide bonds. The molecule has 0 fully saturated rings. The summed E-state index contributed by atoms with van der Waals surface area (Å²) in [7, 11) is 0. The van der Waals surface area contributed by atoms with Crippen molar-refractivity contribution in [2.45, 2.75) is 19.9 Å². The molecule has 7 heteroatoms. The van der Waals surface area contributed by atoms with Crippen LogP contribution in [0.15, 0.2) is 41.5 Å². The first-order chi connectivity index (χ1) is 11.4. The van der Waals surface area contributed by atoms with E-state index in [1.54, 1.807) is 6.92 Å². The highest BCUT2D eigenvalue weighted by Crippen LogP contribution is 2.29. The van der Waals surface area contributed by atoms with Gasteiger partial charge in [-0.2, -0.15) is 5.10 Å². The van der Waals surface area contributed by atoms with Crippen molar-refractivity contribution >= 4 is 41.0 Å². The highest BCUT2D eigenvalue weighted by molar-refractivity contribution is 6.36. The second kappa shape index (κ2) is 8.04. The molecule has 0 bridgehead atoms. The Morgan fingerprint density at radius 2 is 2.00 bits per heavy atom. The Morgan fingerprint density at radius 3 is 2.71 bits per heavy atom. The van der Waals surface area contributed by atoms with E-state index < -0.39 is 6.04 Å².